The Morgan fingerprint density at radius 2 is 1.73 bits per heavy atom. The molecule has 1 fully saturated rings. The normalized spacial score (nSPS) is 15.2. The van der Waals surface area contributed by atoms with Gasteiger partial charge in [0.25, 0.3) is 0 Å². The van der Waals surface area contributed by atoms with Gasteiger partial charge in [-0.25, -0.2) is 8.42 Å². The number of amides is 2. The van der Waals surface area contributed by atoms with Crippen LogP contribution in [0.2, 0.25) is 10.0 Å². The average Bonchev–Trinajstić information content (AvgIpc) is 2.83. The summed E-state index contributed by atoms with van der Waals surface area (Å²) in [5.41, 5.74) is 1.66. The molecule has 7 nitrogen and oxygen atoms in total. The third-order valence-corrected chi connectivity index (χ3v) is 9.36. The molecule has 1 aliphatic carbocycles. The van der Waals surface area contributed by atoms with Crippen LogP contribution in [0.5, 0.6) is 0 Å². The number of anilines is 1. The van der Waals surface area contributed by atoms with Crippen LogP contribution in [0.4, 0.5) is 5.69 Å². The number of carbonyl (C=O) groups is 2. The maximum Gasteiger partial charge on any atom is 0.244 e. The van der Waals surface area contributed by atoms with Crippen molar-refractivity contribution >= 4 is 66.7 Å². The van der Waals surface area contributed by atoms with Gasteiger partial charge in [-0.15, -0.1) is 0 Å². The van der Waals surface area contributed by atoms with Crippen LogP contribution in [0.1, 0.15) is 50.2 Å². The Morgan fingerprint density at radius 1 is 1.11 bits per heavy atom. The molecule has 37 heavy (non-hydrogen) atoms. The molecule has 2 aromatic rings. The predicted molar refractivity (Wildman–Crippen MR) is 153 cm³/mol. The van der Waals surface area contributed by atoms with E-state index in [2.05, 4.69) is 21.2 Å². The number of hydrogen-bond donors (Lipinski definition) is 1. The second kappa shape index (κ2) is 12.8. The fraction of sp³-hybridized carbons (Fsp3) is 0.462. The predicted octanol–water partition coefficient (Wildman–Crippen LogP) is 5.70. The molecule has 0 unspecified atom stereocenters. The van der Waals surface area contributed by atoms with E-state index in [-0.39, 0.29) is 18.5 Å². The van der Waals surface area contributed by atoms with E-state index in [4.69, 9.17) is 23.2 Å². The molecule has 0 aromatic heterocycles. The number of nitrogens with zero attached hydrogens (tertiary/aromatic N) is 2. The molecule has 1 N–H and O–H groups in total. The first-order valence-corrected chi connectivity index (χ1v) is 15.5. The minimum absolute atomic E-state index is 0.0481. The van der Waals surface area contributed by atoms with Crippen molar-refractivity contribution in [1.82, 2.24) is 10.2 Å². The third-order valence-electron chi connectivity index (χ3n) is 6.62. The van der Waals surface area contributed by atoms with E-state index in [1.165, 1.54) is 4.90 Å². The van der Waals surface area contributed by atoms with Crippen LogP contribution >= 0.6 is 39.1 Å². The van der Waals surface area contributed by atoms with Gasteiger partial charge in [0.15, 0.2) is 0 Å². The molecule has 0 bridgehead atoms. The van der Waals surface area contributed by atoms with Crippen LogP contribution < -0.4 is 9.62 Å². The van der Waals surface area contributed by atoms with Crippen molar-refractivity contribution in [3.05, 3.63) is 62.0 Å². The lowest BCUT2D eigenvalue weighted by molar-refractivity contribution is -0.139. The topological polar surface area (TPSA) is 86.8 Å². The van der Waals surface area contributed by atoms with Gasteiger partial charge in [-0.3, -0.25) is 13.9 Å². The first-order valence-electron chi connectivity index (χ1n) is 12.1. The molecule has 0 aliphatic heterocycles. The van der Waals surface area contributed by atoms with E-state index < -0.39 is 28.5 Å². The van der Waals surface area contributed by atoms with Crippen LogP contribution in [0.25, 0.3) is 0 Å². The van der Waals surface area contributed by atoms with Gasteiger partial charge in [0.05, 0.1) is 11.9 Å². The molecule has 202 valence electrons. The number of aryl methyl sites for hydroxylation is 1. The Labute approximate surface area is 237 Å². The van der Waals surface area contributed by atoms with E-state index >= 15 is 0 Å². The Bertz CT molecular complexity index is 1230. The van der Waals surface area contributed by atoms with Crippen LogP contribution in [-0.4, -0.2) is 50.0 Å². The minimum atomic E-state index is -3.82. The van der Waals surface area contributed by atoms with Crippen molar-refractivity contribution in [1.29, 1.82) is 0 Å². The Kier molecular flexibility index (Phi) is 10.3. The Balaban J connectivity index is 1.93. The third kappa shape index (κ3) is 7.85. The molecule has 1 atom stereocenters. The standard InChI is InChI=1S/C26H32BrCl2N3O4S/c1-17-14-20(12-13-22(17)27)32(37(3,35)36)16-25(33)31(15-21-23(28)10-7-11-24(21)29)18(2)26(34)30-19-8-5-4-6-9-19/h7,10-14,18-19H,4-6,8-9,15-16H2,1-3H3,(H,30,34)/t18-/m1/s1. The smallest absolute Gasteiger partial charge is 0.244 e. The molecule has 1 aliphatic rings. The van der Waals surface area contributed by atoms with Crippen LogP contribution in [0, 0.1) is 6.92 Å². The molecular weight excluding hydrogens is 601 g/mol. The summed E-state index contributed by atoms with van der Waals surface area (Å²) in [4.78, 5) is 28.3. The van der Waals surface area contributed by atoms with Crippen molar-refractivity contribution < 1.29 is 18.0 Å². The highest BCUT2D eigenvalue weighted by atomic mass is 79.9. The summed E-state index contributed by atoms with van der Waals surface area (Å²) in [6.45, 7) is 2.94. The first-order chi connectivity index (χ1) is 17.4. The molecule has 0 saturated heterocycles. The van der Waals surface area contributed by atoms with Gasteiger partial charge in [-0.2, -0.15) is 0 Å². The summed E-state index contributed by atoms with van der Waals surface area (Å²) < 4.78 is 27.3. The maximum absolute atomic E-state index is 13.7. The Morgan fingerprint density at radius 3 is 2.30 bits per heavy atom. The summed E-state index contributed by atoms with van der Waals surface area (Å²) in [6, 6.07) is 9.23. The lowest BCUT2D eigenvalue weighted by Crippen LogP contribution is -2.53. The summed E-state index contributed by atoms with van der Waals surface area (Å²) in [5, 5.41) is 3.77. The van der Waals surface area contributed by atoms with Gasteiger partial charge in [-0.05, 0) is 62.6 Å². The van der Waals surface area contributed by atoms with Crippen LogP contribution in [-0.2, 0) is 26.2 Å². The molecule has 3 rings (SSSR count). The van der Waals surface area contributed by atoms with Crippen molar-refractivity contribution in [2.45, 2.75) is 64.6 Å². The number of hydrogen-bond acceptors (Lipinski definition) is 4. The minimum Gasteiger partial charge on any atom is -0.352 e. The second-order valence-electron chi connectivity index (χ2n) is 9.44. The second-order valence-corrected chi connectivity index (χ2v) is 13.0. The van der Waals surface area contributed by atoms with Gasteiger partial charge < -0.3 is 10.2 Å². The van der Waals surface area contributed by atoms with Crippen LogP contribution in [0.3, 0.4) is 0 Å². The maximum atomic E-state index is 13.7. The Hall–Kier alpha value is -1.81. The van der Waals surface area contributed by atoms with Gasteiger partial charge in [0.1, 0.15) is 12.6 Å². The van der Waals surface area contributed by atoms with E-state index in [0.717, 1.165) is 52.7 Å². The van der Waals surface area contributed by atoms with Crippen molar-refractivity contribution in [2.75, 3.05) is 17.1 Å². The zero-order chi connectivity index (χ0) is 27.3. The molecule has 11 heteroatoms. The molecule has 0 spiro atoms. The van der Waals surface area contributed by atoms with Gasteiger partial charge in [0.2, 0.25) is 21.8 Å². The largest absolute Gasteiger partial charge is 0.352 e. The van der Waals surface area contributed by atoms with Gasteiger partial charge in [0, 0.05) is 32.7 Å². The summed E-state index contributed by atoms with van der Waals surface area (Å²) in [6.07, 6.45) is 6.09. The first kappa shape index (κ1) is 29.7. The fourth-order valence-corrected chi connectivity index (χ4v) is 6.01. The lowest BCUT2D eigenvalue weighted by atomic mass is 9.95. The summed E-state index contributed by atoms with van der Waals surface area (Å²) in [7, 11) is -3.82. The highest BCUT2D eigenvalue weighted by Gasteiger charge is 2.32. The van der Waals surface area contributed by atoms with Crippen molar-refractivity contribution in [3.8, 4) is 0 Å². The molecule has 0 heterocycles. The number of rotatable bonds is 9. The van der Waals surface area contributed by atoms with Crippen molar-refractivity contribution in [3.63, 3.8) is 0 Å². The summed E-state index contributed by atoms with van der Waals surface area (Å²) >= 11 is 16.2. The highest BCUT2D eigenvalue weighted by molar-refractivity contribution is 9.10. The zero-order valence-corrected chi connectivity index (χ0v) is 25.1. The van der Waals surface area contributed by atoms with Crippen molar-refractivity contribution in [2.24, 2.45) is 0 Å². The molecule has 0 radical (unpaired) electrons. The van der Waals surface area contributed by atoms with E-state index in [9.17, 15) is 18.0 Å². The van der Waals surface area contributed by atoms with Gasteiger partial charge in [-0.1, -0.05) is 64.5 Å². The lowest BCUT2D eigenvalue weighted by Gasteiger charge is -2.33. The number of sulfonamides is 1. The van der Waals surface area contributed by atoms with Crippen LogP contribution in [0.15, 0.2) is 40.9 Å². The molecule has 2 aromatic carbocycles. The van der Waals surface area contributed by atoms with E-state index in [0.29, 0.717) is 21.3 Å². The van der Waals surface area contributed by atoms with Gasteiger partial charge >= 0.3 is 0 Å². The number of benzene rings is 2. The number of nitrogens with one attached hydrogen (secondary N) is 1. The molecular formula is C26H32BrCl2N3O4S. The fourth-order valence-electron chi connectivity index (χ4n) is 4.40. The monoisotopic (exact) mass is 631 g/mol. The molecule has 2 amide bonds. The number of carbonyl (C=O) groups excluding carboxylic acids is 2. The number of halogens is 3. The SMILES string of the molecule is Cc1cc(N(CC(=O)N(Cc2c(Cl)cccc2Cl)[C@H](C)C(=O)NC2CCCCC2)S(C)(=O)=O)ccc1Br. The van der Waals surface area contributed by atoms with E-state index in [1.807, 2.05) is 6.92 Å². The van der Waals surface area contributed by atoms with E-state index in [1.54, 1.807) is 43.3 Å². The average molecular weight is 633 g/mol. The molecule has 1 saturated carbocycles. The quantitative estimate of drug-likeness (QED) is 0.384. The highest BCUT2D eigenvalue weighted by Crippen LogP contribution is 2.28. The zero-order valence-electron chi connectivity index (χ0n) is 21.1. The summed E-state index contributed by atoms with van der Waals surface area (Å²) in [5.74, 6) is -0.845.